The Labute approximate surface area is 192 Å². The monoisotopic (exact) mass is 424 g/mol. The van der Waals surface area contributed by atoms with Gasteiger partial charge in [0.15, 0.2) is 0 Å². The van der Waals surface area contributed by atoms with Gasteiger partial charge in [-0.1, -0.05) is 46.8 Å². The van der Waals surface area contributed by atoms with Crippen LogP contribution in [-0.4, -0.2) is 13.2 Å². The number of rotatable bonds is 5. The van der Waals surface area contributed by atoms with Crippen LogP contribution >= 0.6 is 0 Å². The van der Waals surface area contributed by atoms with Crippen molar-refractivity contribution < 1.29 is 4.74 Å². The van der Waals surface area contributed by atoms with Crippen LogP contribution in [0.3, 0.4) is 0 Å². The zero-order valence-electron chi connectivity index (χ0n) is 21.3. The van der Waals surface area contributed by atoms with E-state index in [0.717, 1.165) is 47.3 Å². The first-order valence-corrected chi connectivity index (χ1v) is 13.9. The summed E-state index contributed by atoms with van der Waals surface area (Å²) in [4.78, 5) is 0. The second-order valence-electron chi connectivity index (χ2n) is 14.1. The van der Waals surface area contributed by atoms with Crippen LogP contribution in [0.1, 0.15) is 92.4 Å². The highest BCUT2D eigenvalue weighted by Crippen LogP contribution is 2.82. The van der Waals surface area contributed by atoms with Crippen LogP contribution in [0.4, 0.5) is 0 Å². The van der Waals surface area contributed by atoms with Crippen LogP contribution in [0.2, 0.25) is 0 Å². The van der Waals surface area contributed by atoms with Gasteiger partial charge in [0.25, 0.3) is 0 Å². The Kier molecular flexibility index (Phi) is 4.55. The van der Waals surface area contributed by atoms with Crippen molar-refractivity contribution in [2.75, 3.05) is 7.11 Å². The summed E-state index contributed by atoms with van der Waals surface area (Å²) in [5, 5.41) is 0. The smallest absolute Gasteiger partial charge is 0.0638 e. The van der Waals surface area contributed by atoms with E-state index in [1.54, 1.807) is 0 Å². The maximum Gasteiger partial charge on any atom is 0.0638 e. The summed E-state index contributed by atoms with van der Waals surface area (Å²) in [6, 6.07) is 0. The highest BCUT2D eigenvalue weighted by atomic mass is 16.5. The lowest BCUT2D eigenvalue weighted by Gasteiger charge is -2.61. The fourth-order valence-electron chi connectivity index (χ4n) is 11.4. The minimum absolute atomic E-state index is 0.548. The molecule has 6 aliphatic rings. The van der Waals surface area contributed by atoms with Gasteiger partial charge < -0.3 is 4.74 Å². The first kappa shape index (κ1) is 21.2. The second-order valence-corrected chi connectivity index (χ2v) is 14.1. The number of allylic oxidation sites excluding steroid dienone is 1. The first-order valence-electron chi connectivity index (χ1n) is 13.9. The van der Waals surface area contributed by atoms with Crippen LogP contribution < -0.4 is 0 Å². The van der Waals surface area contributed by atoms with Crippen molar-refractivity contribution in [1.82, 2.24) is 0 Å². The SMILES string of the molecule is C=C(C(C)C)C1CC1C(C)C1CCC2C3CC(OC)C45CC4CCC5(C)C3CCC12C. The van der Waals surface area contributed by atoms with E-state index in [4.69, 9.17) is 4.74 Å². The Bertz CT molecular complexity index is 768. The van der Waals surface area contributed by atoms with Crippen molar-refractivity contribution in [1.29, 1.82) is 0 Å². The zero-order chi connectivity index (χ0) is 21.9. The fourth-order valence-corrected chi connectivity index (χ4v) is 11.4. The molecule has 0 radical (unpaired) electrons. The molecule has 0 heterocycles. The van der Waals surface area contributed by atoms with Gasteiger partial charge in [-0.25, -0.2) is 0 Å². The average Bonchev–Trinajstić information content (AvgIpc) is 3.62. The zero-order valence-corrected chi connectivity index (χ0v) is 21.3. The van der Waals surface area contributed by atoms with Crippen LogP contribution in [0.25, 0.3) is 0 Å². The first-order chi connectivity index (χ1) is 14.7. The Morgan fingerprint density at radius 2 is 1.74 bits per heavy atom. The fraction of sp³-hybridized carbons (Fsp3) is 0.933. The predicted octanol–water partition coefficient (Wildman–Crippen LogP) is 7.75. The quantitative estimate of drug-likeness (QED) is 0.410. The van der Waals surface area contributed by atoms with Gasteiger partial charge in [0, 0.05) is 12.5 Å². The van der Waals surface area contributed by atoms with Gasteiger partial charge >= 0.3 is 0 Å². The summed E-state index contributed by atoms with van der Waals surface area (Å²) in [6.45, 7) is 17.2. The molecule has 0 aromatic heterocycles. The molecule has 12 atom stereocenters. The highest BCUT2D eigenvalue weighted by molar-refractivity contribution is 5.26. The Balaban J connectivity index is 1.24. The van der Waals surface area contributed by atoms with E-state index >= 15 is 0 Å². The molecule has 12 unspecified atom stereocenters. The van der Waals surface area contributed by atoms with Crippen LogP contribution in [-0.2, 0) is 4.74 Å². The summed E-state index contributed by atoms with van der Waals surface area (Å²) in [6.07, 6.45) is 13.8. The topological polar surface area (TPSA) is 9.23 Å². The minimum Gasteiger partial charge on any atom is -0.381 e. The predicted molar refractivity (Wildman–Crippen MR) is 129 cm³/mol. The number of hydrogen-bond donors (Lipinski definition) is 0. The van der Waals surface area contributed by atoms with Crippen LogP contribution in [0.5, 0.6) is 0 Å². The lowest BCUT2D eigenvalue weighted by atomic mass is 9.45. The van der Waals surface area contributed by atoms with E-state index in [-0.39, 0.29) is 0 Å². The number of ether oxygens (including phenoxy) is 1. The molecule has 174 valence electrons. The highest BCUT2D eigenvalue weighted by Gasteiger charge is 2.77. The summed E-state index contributed by atoms with van der Waals surface area (Å²) in [7, 11) is 2.03. The summed E-state index contributed by atoms with van der Waals surface area (Å²) >= 11 is 0. The van der Waals surface area contributed by atoms with Gasteiger partial charge in [-0.3, -0.25) is 0 Å². The van der Waals surface area contributed by atoms with E-state index in [1.165, 1.54) is 63.4 Å². The Morgan fingerprint density at radius 1 is 0.968 bits per heavy atom. The molecule has 1 spiro atoms. The minimum atomic E-state index is 0.548. The molecule has 0 amide bonds. The second kappa shape index (κ2) is 6.64. The van der Waals surface area contributed by atoms with Gasteiger partial charge in [-0.15, -0.1) is 0 Å². The lowest BCUT2D eigenvalue weighted by Crippen LogP contribution is -2.57. The molecule has 6 fully saturated rings. The summed E-state index contributed by atoms with van der Waals surface area (Å²) in [5.74, 6) is 8.08. The van der Waals surface area contributed by atoms with Gasteiger partial charge in [0.2, 0.25) is 0 Å². The van der Waals surface area contributed by atoms with Gasteiger partial charge in [-0.05, 0) is 122 Å². The molecule has 6 saturated carbocycles. The third kappa shape index (κ3) is 2.54. The molecule has 6 aliphatic carbocycles. The molecule has 0 aliphatic heterocycles. The summed E-state index contributed by atoms with van der Waals surface area (Å²) in [5.41, 5.74) is 3.26. The van der Waals surface area contributed by atoms with Crippen molar-refractivity contribution in [2.24, 2.45) is 69.5 Å². The molecule has 31 heavy (non-hydrogen) atoms. The maximum atomic E-state index is 6.32. The number of fused-ring (bicyclic) bond motifs is 4. The van der Waals surface area contributed by atoms with E-state index in [9.17, 15) is 0 Å². The third-order valence-electron chi connectivity index (χ3n) is 13.3. The van der Waals surface area contributed by atoms with Crippen molar-refractivity contribution >= 4 is 0 Å². The van der Waals surface area contributed by atoms with Crippen molar-refractivity contribution in [3.8, 4) is 0 Å². The Morgan fingerprint density at radius 3 is 2.42 bits per heavy atom. The average molecular weight is 425 g/mol. The van der Waals surface area contributed by atoms with Crippen LogP contribution in [0, 0.1) is 69.5 Å². The molecule has 0 aromatic rings. The van der Waals surface area contributed by atoms with E-state index in [1.807, 2.05) is 7.11 Å². The van der Waals surface area contributed by atoms with Gasteiger partial charge in [0.05, 0.1) is 6.10 Å². The van der Waals surface area contributed by atoms with Gasteiger partial charge in [0.1, 0.15) is 0 Å². The van der Waals surface area contributed by atoms with E-state index in [2.05, 4.69) is 41.2 Å². The largest absolute Gasteiger partial charge is 0.381 e. The standard InChI is InChI=1S/C30H48O/c1-17(2)18(3)21-14-22(21)19(4)24-8-9-25-23-15-27(31-7)30-16-20(30)10-13-29(30,6)26(23)11-12-28(24,25)5/h17,19-27H,3,8-16H2,1-2,4-7H3. The lowest BCUT2D eigenvalue weighted by molar-refractivity contribution is -0.161. The maximum absolute atomic E-state index is 6.32. The molecule has 0 saturated heterocycles. The Hall–Kier alpha value is -0.300. The van der Waals surface area contributed by atoms with Crippen molar-refractivity contribution in [3.63, 3.8) is 0 Å². The van der Waals surface area contributed by atoms with Gasteiger partial charge in [-0.2, -0.15) is 0 Å². The molecular formula is C30H48O. The molecule has 0 bridgehead atoms. The molecule has 0 aromatic carbocycles. The van der Waals surface area contributed by atoms with Crippen LogP contribution in [0.15, 0.2) is 12.2 Å². The van der Waals surface area contributed by atoms with Crippen molar-refractivity contribution in [2.45, 2.75) is 98.5 Å². The number of methoxy groups -OCH3 is 1. The number of hydrogen-bond acceptors (Lipinski definition) is 1. The molecular weight excluding hydrogens is 376 g/mol. The summed E-state index contributed by atoms with van der Waals surface area (Å²) < 4.78 is 6.32. The molecule has 1 nitrogen and oxygen atoms in total. The third-order valence-corrected chi connectivity index (χ3v) is 13.3. The molecule has 0 N–H and O–H groups in total. The molecule has 6 rings (SSSR count). The normalized spacial score (nSPS) is 57.6. The van der Waals surface area contributed by atoms with E-state index in [0.29, 0.717) is 28.3 Å². The molecule has 1 heteroatoms. The van der Waals surface area contributed by atoms with Crippen molar-refractivity contribution in [3.05, 3.63) is 12.2 Å². The van der Waals surface area contributed by atoms with E-state index < -0.39 is 0 Å².